The highest BCUT2D eigenvalue weighted by Crippen LogP contribution is 2.21. The summed E-state index contributed by atoms with van der Waals surface area (Å²) in [6.45, 7) is 1.82. The highest BCUT2D eigenvalue weighted by Gasteiger charge is 2.32. The summed E-state index contributed by atoms with van der Waals surface area (Å²) >= 11 is 0. The summed E-state index contributed by atoms with van der Waals surface area (Å²) in [7, 11) is -3.45. The topological polar surface area (TPSA) is 70.0 Å². The minimum Gasteiger partial charge on any atom is -0.339 e. The zero-order chi connectivity index (χ0) is 14.2. The summed E-state index contributed by atoms with van der Waals surface area (Å²) in [6, 6.07) is 0. The molecule has 108 valence electrons. The zero-order valence-corrected chi connectivity index (χ0v) is 12.0. The van der Waals surface area contributed by atoms with Gasteiger partial charge in [0.15, 0.2) is 5.84 Å². The number of nitrogens with zero attached hydrogens (tertiary/aromatic N) is 3. The van der Waals surface area contributed by atoms with Crippen molar-refractivity contribution in [1.29, 1.82) is 0 Å². The van der Waals surface area contributed by atoms with Crippen LogP contribution in [-0.4, -0.2) is 55.3 Å². The molecule has 0 unspecified atom stereocenters. The number of hydrogen-bond donors (Lipinski definition) is 0. The maximum atomic E-state index is 12.5. The first-order valence-corrected chi connectivity index (χ1v) is 8.45. The molecule has 0 spiro atoms. The Morgan fingerprint density at radius 2 is 1.90 bits per heavy atom. The highest BCUT2D eigenvalue weighted by atomic mass is 32.2. The largest absolute Gasteiger partial charge is 0.339 e. The van der Waals surface area contributed by atoms with Gasteiger partial charge in [-0.05, 0) is 31.4 Å². The van der Waals surface area contributed by atoms with Gasteiger partial charge in [-0.15, -0.1) is 4.40 Å². The van der Waals surface area contributed by atoms with Crippen LogP contribution in [0.2, 0.25) is 0 Å². The lowest BCUT2D eigenvalue weighted by molar-refractivity contribution is -0.127. The third-order valence-corrected chi connectivity index (χ3v) is 4.88. The molecular weight excluding hydrogens is 278 g/mol. The Bertz CT molecular complexity index is 613. The van der Waals surface area contributed by atoms with Gasteiger partial charge in [0.25, 0.3) is 15.9 Å². The molecule has 0 aromatic heterocycles. The molecule has 1 amide bonds. The Morgan fingerprint density at radius 3 is 2.65 bits per heavy atom. The SMILES string of the molecule is O=C(C1=CC=CN2CCS(=O)(=O)N=C12)N1CCCCC1. The number of hydrogen-bond acceptors (Lipinski definition) is 4. The third kappa shape index (κ3) is 2.49. The lowest BCUT2D eigenvalue weighted by atomic mass is 10.1. The first-order valence-electron chi connectivity index (χ1n) is 6.84. The van der Waals surface area contributed by atoms with Gasteiger partial charge in [-0.1, -0.05) is 0 Å². The second-order valence-corrected chi connectivity index (χ2v) is 6.92. The van der Waals surface area contributed by atoms with Crippen LogP contribution >= 0.6 is 0 Å². The molecule has 0 saturated carbocycles. The number of piperidine rings is 1. The summed E-state index contributed by atoms with van der Waals surface area (Å²) in [6.07, 6.45) is 8.35. The number of sulfonamides is 1. The number of amides is 1. The molecule has 0 atom stereocenters. The molecule has 0 bridgehead atoms. The van der Waals surface area contributed by atoms with Gasteiger partial charge >= 0.3 is 0 Å². The molecule has 3 heterocycles. The van der Waals surface area contributed by atoms with E-state index in [1.54, 1.807) is 28.2 Å². The van der Waals surface area contributed by atoms with E-state index in [-0.39, 0.29) is 17.5 Å². The van der Waals surface area contributed by atoms with Crippen molar-refractivity contribution in [3.63, 3.8) is 0 Å². The molecule has 3 aliphatic heterocycles. The fourth-order valence-corrected chi connectivity index (χ4v) is 3.64. The lowest BCUT2D eigenvalue weighted by Crippen LogP contribution is -2.44. The Balaban J connectivity index is 1.91. The monoisotopic (exact) mass is 295 g/mol. The van der Waals surface area contributed by atoms with Crippen LogP contribution in [0.5, 0.6) is 0 Å². The molecule has 0 aromatic rings. The maximum Gasteiger partial charge on any atom is 0.257 e. The van der Waals surface area contributed by atoms with Gasteiger partial charge < -0.3 is 9.80 Å². The quantitative estimate of drug-likeness (QED) is 0.706. The maximum absolute atomic E-state index is 12.5. The molecule has 3 aliphatic rings. The second-order valence-electron chi connectivity index (χ2n) is 5.17. The van der Waals surface area contributed by atoms with E-state index in [2.05, 4.69) is 4.40 Å². The minimum absolute atomic E-state index is 0.00791. The van der Waals surface area contributed by atoms with Crippen molar-refractivity contribution in [3.05, 3.63) is 23.9 Å². The molecule has 0 N–H and O–H groups in total. The first-order chi connectivity index (χ1) is 9.57. The average molecular weight is 295 g/mol. The number of carbonyl (C=O) groups excluding carboxylic acids is 1. The first kappa shape index (κ1) is 13.4. The molecule has 0 aromatic carbocycles. The van der Waals surface area contributed by atoms with E-state index < -0.39 is 10.0 Å². The molecule has 1 saturated heterocycles. The van der Waals surface area contributed by atoms with Crippen molar-refractivity contribution in [2.75, 3.05) is 25.4 Å². The predicted molar refractivity (Wildman–Crippen MR) is 75.6 cm³/mol. The Hall–Kier alpha value is -1.63. The fourth-order valence-electron chi connectivity index (χ4n) is 2.65. The van der Waals surface area contributed by atoms with Crippen molar-refractivity contribution in [1.82, 2.24) is 9.80 Å². The molecule has 7 heteroatoms. The molecule has 6 nitrogen and oxygen atoms in total. The van der Waals surface area contributed by atoms with Gasteiger partial charge in [0.2, 0.25) is 0 Å². The Labute approximate surface area is 118 Å². The van der Waals surface area contributed by atoms with Crippen LogP contribution in [0.15, 0.2) is 28.3 Å². The molecule has 0 aliphatic carbocycles. The number of amidine groups is 1. The summed E-state index contributed by atoms with van der Waals surface area (Å²) in [5.41, 5.74) is 0.387. The van der Waals surface area contributed by atoms with Crippen molar-refractivity contribution < 1.29 is 13.2 Å². The van der Waals surface area contributed by atoms with E-state index in [1.165, 1.54) is 0 Å². The van der Waals surface area contributed by atoms with E-state index in [0.717, 1.165) is 32.4 Å². The number of carbonyl (C=O) groups is 1. The lowest BCUT2D eigenvalue weighted by Gasteiger charge is -2.32. The van der Waals surface area contributed by atoms with Crippen LogP contribution in [0, 0.1) is 0 Å². The van der Waals surface area contributed by atoms with Crippen molar-refractivity contribution >= 4 is 21.8 Å². The van der Waals surface area contributed by atoms with Gasteiger partial charge in [0.05, 0.1) is 11.3 Å². The number of likely N-dealkylation sites (tertiary alicyclic amines) is 1. The molecule has 20 heavy (non-hydrogen) atoms. The van der Waals surface area contributed by atoms with Gasteiger partial charge in [-0.2, -0.15) is 0 Å². The van der Waals surface area contributed by atoms with E-state index in [9.17, 15) is 13.2 Å². The van der Waals surface area contributed by atoms with Crippen LogP contribution in [0.4, 0.5) is 0 Å². The molecule has 1 fully saturated rings. The van der Waals surface area contributed by atoms with Crippen molar-refractivity contribution in [2.45, 2.75) is 19.3 Å². The number of allylic oxidation sites excluding steroid dienone is 2. The summed E-state index contributed by atoms with van der Waals surface area (Å²) in [5, 5.41) is 0. The van der Waals surface area contributed by atoms with Crippen molar-refractivity contribution in [3.8, 4) is 0 Å². The zero-order valence-electron chi connectivity index (χ0n) is 11.2. The third-order valence-electron chi connectivity index (χ3n) is 3.73. The fraction of sp³-hybridized carbons (Fsp3) is 0.538. The van der Waals surface area contributed by atoms with Crippen LogP contribution in [-0.2, 0) is 14.8 Å². The van der Waals surface area contributed by atoms with Crippen LogP contribution in [0.1, 0.15) is 19.3 Å². The summed E-state index contributed by atoms with van der Waals surface area (Å²) < 4.78 is 27.1. The standard InChI is InChI=1S/C13H17N3O3S/c17-13(16-6-2-1-3-7-16)11-5-4-8-15-9-10-20(18,19)14-12(11)15/h4-5,8H,1-3,6-7,9-10H2. The van der Waals surface area contributed by atoms with Crippen LogP contribution < -0.4 is 0 Å². The normalized spacial score (nSPS) is 24.8. The molecule has 0 radical (unpaired) electrons. The predicted octanol–water partition coefficient (Wildman–Crippen LogP) is 0.496. The Morgan fingerprint density at radius 1 is 1.15 bits per heavy atom. The van der Waals surface area contributed by atoms with Gasteiger partial charge in [-0.25, -0.2) is 8.42 Å². The van der Waals surface area contributed by atoms with Gasteiger partial charge in [0, 0.05) is 25.8 Å². The summed E-state index contributed by atoms with van der Waals surface area (Å²) in [5.74, 6) is 0.149. The van der Waals surface area contributed by atoms with E-state index in [4.69, 9.17) is 0 Å². The van der Waals surface area contributed by atoms with Crippen LogP contribution in [0.25, 0.3) is 0 Å². The highest BCUT2D eigenvalue weighted by molar-refractivity contribution is 7.90. The Kier molecular flexibility index (Phi) is 3.37. The van der Waals surface area contributed by atoms with E-state index >= 15 is 0 Å². The number of fused-ring (bicyclic) bond motifs is 1. The average Bonchev–Trinajstić information content (AvgIpc) is 2.46. The molecular formula is C13H17N3O3S. The van der Waals surface area contributed by atoms with Crippen LogP contribution in [0.3, 0.4) is 0 Å². The van der Waals surface area contributed by atoms with Crippen molar-refractivity contribution in [2.24, 2.45) is 4.40 Å². The van der Waals surface area contributed by atoms with E-state index in [1.807, 2.05) is 0 Å². The van der Waals surface area contributed by atoms with Gasteiger partial charge in [0.1, 0.15) is 0 Å². The minimum atomic E-state index is -3.45. The van der Waals surface area contributed by atoms with E-state index in [0.29, 0.717) is 12.1 Å². The smallest absolute Gasteiger partial charge is 0.257 e. The van der Waals surface area contributed by atoms with Gasteiger partial charge in [-0.3, -0.25) is 4.79 Å². The molecule has 3 rings (SSSR count). The second kappa shape index (κ2) is 5.05. The summed E-state index contributed by atoms with van der Waals surface area (Å²) in [4.78, 5) is 16.1. The number of rotatable bonds is 1.